The standard InChI is InChI=1S/C20H26N6O2/c1-14-12-15(2)26(23-14)16(3)13-21-19(27)24-8-10-25(11-9-24)20-22-17-6-4-5-7-18(17)28-20/h4-7,12,16H,8-11,13H2,1-3H3,(H,21,27)/t16-/m1/s1. The summed E-state index contributed by atoms with van der Waals surface area (Å²) in [6.07, 6.45) is 0. The van der Waals surface area contributed by atoms with Crippen LogP contribution >= 0.6 is 0 Å². The minimum absolute atomic E-state index is 0.0365. The summed E-state index contributed by atoms with van der Waals surface area (Å²) in [5.41, 5.74) is 3.74. The second-order valence-electron chi connectivity index (χ2n) is 7.35. The summed E-state index contributed by atoms with van der Waals surface area (Å²) in [7, 11) is 0. The van der Waals surface area contributed by atoms with Gasteiger partial charge in [0.05, 0.1) is 11.7 Å². The molecule has 8 nitrogen and oxygen atoms in total. The molecule has 0 saturated carbocycles. The van der Waals surface area contributed by atoms with Gasteiger partial charge in [-0.2, -0.15) is 10.1 Å². The molecule has 0 aliphatic carbocycles. The first-order valence-electron chi connectivity index (χ1n) is 9.67. The summed E-state index contributed by atoms with van der Waals surface area (Å²) < 4.78 is 7.79. The molecule has 1 N–H and O–H groups in total. The Bertz CT molecular complexity index is 937. The summed E-state index contributed by atoms with van der Waals surface area (Å²) in [5, 5.41) is 7.52. The lowest BCUT2D eigenvalue weighted by atomic mass is 10.3. The van der Waals surface area contributed by atoms with Gasteiger partial charge in [0.25, 0.3) is 6.01 Å². The first-order valence-corrected chi connectivity index (χ1v) is 9.67. The molecule has 1 fully saturated rings. The number of para-hydroxylation sites is 2. The monoisotopic (exact) mass is 382 g/mol. The SMILES string of the molecule is Cc1cc(C)n([C@H](C)CNC(=O)N2CCN(c3nc4ccccc4o3)CC2)n1. The van der Waals surface area contributed by atoms with E-state index in [1.807, 2.05) is 53.8 Å². The van der Waals surface area contributed by atoms with Crippen LogP contribution < -0.4 is 10.2 Å². The van der Waals surface area contributed by atoms with Gasteiger partial charge in [-0.1, -0.05) is 12.1 Å². The number of carbonyl (C=O) groups excluding carboxylic acids is 1. The first kappa shape index (κ1) is 18.3. The van der Waals surface area contributed by atoms with Crippen molar-refractivity contribution in [3.63, 3.8) is 0 Å². The lowest BCUT2D eigenvalue weighted by Crippen LogP contribution is -2.52. The lowest BCUT2D eigenvalue weighted by molar-refractivity contribution is 0.191. The number of urea groups is 1. The van der Waals surface area contributed by atoms with Crippen LogP contribution in [0, 0.1) is 13.8 Å². The number of rotatable bonds is 4. The van der Waals surface area contributed by atoms with Gasteiger partial charge in [-0.15, -0.1) is 0 Å². The molecule has 1 atom stereocenters. The van der Waals surface area contributed by atoms with E-state index in [9.17, 15) is 4.79 Å². The molecule has 3 heterocycles. The second-order valence-corrected chi connectivity index (χ2v) is 7.35. The molecule has 8 heteroatoms. The molecule has 0 unspecified atom stereocenters. The molecular formula is C20H26N6O2. The third-order valence-corrected chi connectivity index (χ3v) is 5.13. The van der Waals surface area contributed by atoms with Crippen molar-refractivity contribution in [2.24, 2.45) is 0 Å². The fourth-order valence-electron chi connectivity index (χ4n) is 3.62. The van der Waals surface area contributed by atoms with Crippen LogP contribution in [0.5, 0.6) is 0 Å². The van der Waals surface area contributed by atoms with Gasteiger partial charge >= 0.3 is 6.03 Å². The van der Waals surface area contributed by atoms with Gasteiger partial charge in [-0.05, 0) is 39.0 Å². The molecule has 0 spiro atoms. The lowest BCUT2D eigenvalue weighted by Gasteiger charge is -2.34. The summed E-state index contributed by atoms with van der Waals surface area (Å²) in [5.74, 6) is 0. The Hall–Kier alpha value is -3.03. The molecule has 148 valence electrons. The molecule has 1 aliphatic heterocycles. The molecule has 1 aliphatic rings. The van der Waals surface area contributed by atoms with Crippen molar-refractivity contribution in [3.8, 4) is 0 Å². The number of nitrogens with one attached hydrogen (secondary N) is 1. The Morgan fingerprint density at radius 2 is 1.96 bits per heavy atom. The predicted octanol–water partition coefficient (Wildman–Crippen LogP) is 2.73. The Labute approximate surface area is 164 Å². The van der Waals surface area contributed by atoms with Crippen molar-refractivity contribution in [1.82, 2.24) is 25.0 Å². The number of carbonyl (C=O) groups is 1. The van der Waals surface area contributed by atoms with Crippen LogP contribution in [-0.2, 0) is 0 Å². The van der Waals surface area contributed by atoms with Crippen LogP contribution in [0.3, 0.4) is 0 Å². The minimum Gasteiger partial charge on any atom is -0.423 e. The highest BCUT2D eigenvalue weighted by Gasteiger charge is 2.24. The van der Waals surface area contributed by atoms with Crippen LogP contribution in [0.1, 0.15) is 24.4 Å². The zero-order valence-corrected chi connectivity index (χ0v) is 16.6. The Morgan fingerprint density at radius 1 is 1.21 bits per heavy atom. The van der Waals surface area contributed by atoms with E-state index in [-0.39, 0.29) is 12.1 Å². The smallest absolute Gasteiger partial charge is 0.317 e. The highest BCUT2D eigenvalue weighted by molar-refractivity contribution is 5.75. The largest absolute Gasteiger partial charge is 0.423 e. The van der Waals surface area contributed by atoms with Gasteiger partial charge in [-0.25, -0.2) is 4.79 Å². The number of amides is 2. The van der Waals surface area contributed by atoms with E-state index in [0.29, 0.717) is 38.7 Å². The number of oxazole rings is 1. The van der Waals surface area contributed by atoms with Crippen LogP contribution in [0.4, 0.5) is 10.8 Å². The molecule has 2 aromatic heterocycles. The molecule has 28 heavy (non-hydrogen) atoms. The number of aryl methyl sites for hydroxylation is 2. The topological polar surface area (TPSA) is 79.4 Å². The van der Waals surface area contributed by atoms with Crippen molar-refractivity contribution in [1.29, 1.82) is 0 Å². The van der Waals surface area contributed by atoms with E-state index in [0.717, 1.165) is 22.5 Å². The molecule has 0 bridgehead atoms. The molecule has 3 aromatic rings. The summed E-state index contributed by atoms with van der Waals surface area (Å²) in [6, 6.07) is 10.5. The number of hydrogen-bond donors (Lipinski definition) is 1. The highest BCUT2D eigenvalue weighted by atomic mass is 16.4. The molecule has 1 aromatic carbocycles. The zero-order chi connectivity index (χ0) is 19.7. The van der Waals surface area contributed by atoms with Crippen molar-refractivity contribution in [2.75, 3.05) is 37.6 Å². The molecular weight excluding hydrogens is 356 g/mol. The second kappa shape index (κ2) is 7.53. The van der Waals surface area contributed by atoms with E-state index in [1.165, 1.54) is 0 Å². The molecule has 1 saturated heterocycles. The van der Waals surface area contributed by atoms with E-state index in [2.05, 4.69) is 27.2 Å². The third-order valence-electron chi connectivity index (χ3n) is 5.13. The number of fused-ring (bicyclic) bond motifs is 1. The van der Waals surface area contributed by atoms with Crippen LogP contribution in [0.2, 0.25) is 0 Å². The highest BCUT2D eigenvalue weighted by Crippen LogP contribution is 2.22. The van der Waals surface area contributed by atoms with Gasteiger partial charge in [0.2, 0.25) is 0 Å². The number of hydrogen-bond acceptors (Lipinski definition) is 5. The quantitative estimate of drug-likeness (QED) is 0.751. The average molecular weight is 382 g/mol. The maximum absolute atomic E-state index is 12.5. The summed E-state index contributed by atoms with van der Waals surface area (Å²) in [4.78, 5) is 21.0. The van der Waals surface area contributed by atoms with Crippen molar-refractivity contribution in [3.05, 3.63) is 41.7 Å². The van der Waals surface area contributed by atoms with E-state index >= 15 is 0 Å². The van der Waals surface area contributed by atoms with E-state index in [4.69, 9.17) is 4.42 Å². The van der Waals surface area contributed by atoms with Gasteiger partial charge in [0.15, 0.2) is 5.58 Å². The number of anilines is 1. The fraction of sp³-hybridized carbons (Fsp3) is 0.450. The Balaban J connectivity index is 1.29. The number of piperazine rings is 1. The molecule has 4 rings (SSSR count). The summed E-state index contributed by atoms with van der Waals surface area (Å²) in [6.45, 7) is 9.30. The maximum atomic E-state index is 12.5. The van der Waals surface area contributed by atoms with Crippen LogP contribution in [-0.4, -0.2) is 58.4 Å². The van der Waals surface area contributed by atoms with Crippen LogP contribution in [0.15, 0.2) is 34.7 Å². The van der Waals surface area contributed by atoms with Crippen molar-refractivity contribution >= 4 is 23.1 Å². The third kappa shape index (κ3) is 3.67. The normalized spacial score (nSPS) is 15.8. The maximum Gasteiger partial charge on any atom is 0.317 e. The number of nitrogens with zero attached hydrogens (tertiary/aromatic N) is 5. The zero-order valence-electron chi connectivity index (χ0n) is 16.6. The first-order chi connectivity index (χ1) is 13.5. The molecule has 2 amide bonds. The van der Waals surface area contributed by atoms with Gasteiger partial charge in [0, 0.05) is 38.4 Å². The molecule has 0 radical (unpaired) electrons. The van der Waals surface area contributed by atoms with E-state index < -0.39 is 0 Å². The van der Waals surface area contributed by atoms with Gasteiger partial charge in [0.1, 0.15) is 5.52 Å². The summed E-state index contributed by atoms with van der Waals surface area (Å²) >= 11 is 0. The van der Waals surface area contributed by atoms with Crippen LogP contribution in [0.25, 0.3) is 11.1 Å². The minimum atomic E-state index is -0.0365. The van der Waals surface area contributed by atoms with Gasteiger partial charge in [-0.3, -0.25) is 4.68 Å². The Kier molecular flexibility index (Phi) is 4.93. The predicted molar refractivity (Wildman–Crippen MR) is 108 cm³/mol. The fourth-order valence-corrected chi connectivity index (χ4v) is 3.62. The van der Waals surface area contributed by atoms with Gasteiger partial charge < -0.3 is 19.5 Å². The number of benzene rings is 1. The number of aromatic nitrogens is 3. The van der Waals surface area contributed by atoms with Crippen molar-refractivity contribution in [2.45, 2.75) is 26.8 Å². The van der Waals surface area contributed by atoms with Crippen molar-refractivity contribution < 1.29 is 9.21 Å². The average Bonchev–Trinajstić information content (AvgIpc) is 3.28. The Morgan fingerprint density at radius 3 is 2.64 bits per heavy atom. The van der Waals surface area contributed by atoms with E-state index in [1.54, 1.807) is 0 Å².